The molecule has 0 aliphatic carbocycles. The SMILES string of the molecule is COc1ccccc1N(CC(=O)N(Cc1c(Cl)cccc1Cl)C(C)C(=O)NC(C)(C)C)S(=O)(=O)c1ccc(C)cc1. The Morgan fingerprint density at radius 2 is 1.54 bits per heavy atom. The minimum Gasteiger partial charge on any atom is -0.495 e. The van der Waals surface area contributed by atoms with E-state index in [0.29, 0.717) is 15.6 Å². The number of amides is 2. The van der Waals surface area contributed by atoms with Gasteiger partial charge < -0.3 is 15.0 Å². The van der Waals surface area contributed by atoms with Gasteiger partial charge in [0.25, 0.3) is 10.0 Å². The largest absolute Gasteiger partial charge is 0.495 e. The summed E-state index contributed by atoms with van der Waals surface area (Å²) < 4.78 is 34.5. The smallest absolute Gasteiger partial charge is 0.264 e. The van der Waals surface area contributed by atoms with Gasteiger partial charge in [0.15, 0.2) is 0 Å². The molecule has 0 heterocycles. The highest BCUT2D eigenvalue weighted by atomic mass is 35.5. The Morgan fingerprint density at radius 3 is 2.10 bits per heavy atom. The van der Waals surface area contributed by atoms with Crippen LogP contribution in [0.1, 0.15) is 38.8 Å². The minimum atomic E-state index is -4.24. The van der Waals surface area contributed by atoms with Gasteiger partial charge in [-0.3, -0.25) is 13.9 Å². The highest BCUT2D eigenvalue weighted by Crippen LogP contribution is 2.33. The van der Waals surface area contributed by atoms with Gasteiger partial charge in [-0.05, 0) is 71.0 Å². The summed E-state index contributed by atoms with van der Waals surface area (Å²) in [6.45, 7) is 8.16. The van der Waals surface area contributed by atoms with Crippen molar-refractivity contribution in [2.75, 3.05) is 18.0 Å². The molecule has 3 rings (SSSR count). The van der Waals surface area contributed by atoms with E-state index < -0.39 is 40.0 Å². The quantitative estimate of drug-likeness (QED) is 0.308. The van der Waals surface area contributed by atoms with Gasteiger partial charge in [-0.1, -0.05) is 59.1 Å². The number of anilines is 1. The van der Waals surface area contributed by atoms with Crippen molar-refractivity contribution in [1.29, 1.82) is 0 Å². The second-order valence-electron chi connectivity index (χ2n) is 10.6. The number of aryl methyl sites for hydroxylation is 1. The number of carbonyl (C=O) groups excluding carboxylic acids is 2. The predicted molar refractivity (Wildman–Crippen MR) is 163 cm³/mol. The number of hydrogen-bond acceptors (Lipinski definition) is 5. The second-order valence-corrected chi connectivity index (χ2v) is 13.3. The van der Waals surface area contributed by atoms with E-state index >= 15 is 0 Å². The van der Waals surface area contributed by atoms with Gasteiger partial charge >= 0.3 is 0 Å². The second kappa shape index (κ2) is 13.1. The first kappa shape index (κ1) is 32.2. The summed E-state index contributed by atoms with van der Waals surface area (Å²) >= 11 is 12.9. The van der Waals surface area contributed by atoms with Crippen LogP contribution >= 0.6 is 23.2 Å². The molecule has 41 heavy (non-hydrogen) atoms. The number of rotatable bonds is 10. The molecule has 8 nitrogen and oxygen atoms in total. The molecular formula is C30H35Cl2N3O5S. The van der Waals surface area contributed by atoms with Crippen LogP contribution in [0.5, 0.6) is 5.75 Å². The van der Waals surface area contributed by atoms with Crippen LogP contribution in [0, 0.1) is 6.92 Å². The molecule has 0 saturated heterocycles. The molecule has 11 heteroatoms. The third-order valence-corrected chi connectivity index (χ3v) is 8.78. The van der Waals surface area contributed by atoms with Gasteiger partial charge in [0.05, 0.1) is 17.7 Å². The molecule has 0 aliphatic heterocycles. The zero-order valence-corrected chi connectivity index (χ0v) is 26.3. The first-order valence-electron chi connectivity index (χ1n) is 12.9. The highest BCUT2D eigenvalue weighted by molar-refractivity contribution is 7.92. The lowest BCUT2D eigenvalue weighted by molar-refractivity contribution is -0.140. The van der Waals surface area contributed by atoms with Crippen molar-refractivity contribution in [3.8, 4) is 5.75 Å². The Hall–Kier alpha value is -3.27. The number of para-hydroxylation sites is 2. The first-order chi connectivity index (χ1) is 19.2. The molecule has 3 aromatic rings. The Balaban J connectivity index is 2.12. The van der Waals surface area contributed by atoms with Gasteiger partial charge in [-0.15, -0.1) is 0 Å². The first-order valence-corrected chi connectivity index (χ1v) is 15.1. The Labute approximate surface area is 252 Å². The van der Waals surface area contributed by atoms with E-state index in [1.54, 1.807) is 61.5 Å². The summed E-state index contributed by atoms with van der Waals surface area (Å²) in [6.07, 6.45) is 0. The fraction of sp³-hybridized carbons (Fsp3) is 0.333. The Kier molecular flexibility index (Phi) is 10.3. The summed E-state index contributed by atoms with van der Waals surface area (Å²) in [4.78, 5) is 28.6. The third kappa shape index (κ3) is 7.93. The van der Waals surface area contributed by atoms with E-state index in [9.17, 15) is 18.0 Å². The molecule has 3 aromatic carbocycles. The molecule has 2 amide bonds. The van der Waals surface area contributed by atoms with Crippen molar-refractivity contribution < 1.29 is 22.7 Å². The topological polar surface area (TPSA) is 96.0 Å². The van der Waals surface area contributed by atoms with Crippen LogP contribution in [0.4, 0.5) is 5.69 Å². The van der Waals surface area contributed by atoms with Crippen molar-refractivity contribution in [3.05, 3.63) is 87.9 Å². The van der Waals surface area contributed by atoms with Gasteiger partial charge in [0.1, 0.15) is 18.3 Å². The van der Waals surface area contributed by atoms with Crippen LogP contribution in [0.25, 0.3) is 0 Å². The monoisotopic (exact) mass is 619 g/mol. The number of benzene rings is 3. The van der Waals surface area contributed by atoms with Crippen LogP contribution in [-0.2, 0) is 26.2 Å². The molecule has 0 saturated carbocycles. The molecule has 220 valence electrons. The van der Waals surface area contributed by atoms with E-state index in [-0.39, 0.29) is 22.9 Å². The van der Waals surface area contributed by atoms with E-state index in [4.69, 9.17) is 27.9 Å². The highest BCUT2D eigenvalue weighted by Gasteiger charge is 2.35. The Morgan fingerprint density at radius 1 is 0.951 bits per heavy atom. The lowest BCUT2D eigenvalue weighted by Gasteiger charge is -2.34. The fourth-order valence-corrected chi connectivity index (χ4v) is 6.04. The van der Waals surface area contributed by atoms with Crippen LogP contribution in [0.2, 0.25) is 10.0 Å². The number of halogens is 2. The zero-order valence-electron chi connectivity index (χ0n) is 23.9. The standard InChI is InChI=1S/C30H35Cl2N3O5S/c1-20-14-16-22(17-15-20)41(38,39)35(26-12-7-8-13-27(26)40-6)19-28(36)34(21(2)29(37)33-30(3,4)5)18-23-24(31)10-9-11-25(23)32/h7-17,21H,18-19H2,1-6H3,(H,33,37). The molecular weight excluding hydrogens is 585 g/mol. The molecule has 1 unspecified atom stereocenters. The van der Waals surface area contributed by atoms with Crippen molar-refractivity contribution in [2.24, 2.45) is 0 Å². The molecule has 1 N–H and O–H groups in total. The summed E-state index contributed by atoms with van der Waals surface area (Å²) in [6, 6.07) is 16.8. The van der Waals surface area contributed by atoms with Gasteiger partial charge in [-0.25, -0.2) is 8.42 Å². The maximum absolute atomic E-state index is 14.1. The van der Waals surface area contributed by atoms with E-state index in [1.807, 2.05) is 27.7 Å². The van der Waals surface area contributed by atoms with E-state index in [0.717, 1.165) is 9.87 Å². The normalized spacial score (nSPS) is 12.4. The van der Waals surface area contributed by atoms with Crippen LogP contribution in [-0.4, -0.2) is 50.4 Å². The number of sulfonamides is 1. The minimum absolute atomic E-state index is 0.000952. The lowest BCUT2D eigenvalue weighted by Crippen LogP contribution is -2.54. The Bertz CT molecular complexity index is 1490. The average Bonchev–Trinajstić information content (AvgIpc) is 2.90. The summed E-state index contributed by atoms with van der Waals surface area (Å²) in [7, 11) is -2.82. The summed E-state index contributed by atoms with van der Waals surface area (Å²) in [5, 5.41) is 3.51. The van der Waals surface area contributed by atoms with E-state index in [2.05, 4.69) is 5.32 Å². The van der Waals surface area contributed by atoms with E-state index in [1.165, 1.54) is 24.1 Å². The number of hydrogen-bond donors (Lipinski definition) is 1. The van der Waals surface area contributed by atoms with Gasteiger partial charge in [-0.2, -0.15) is 0 Å². The maximum Gasteiger partial charge on any atom is 0.264 e. The lowest BCUT2D eigenvalue weighted by atomic mass is 10.1. The number of nitrogens with one attached hydrogen (secondary N) is 1. The van der Waals surface area contributed by atoms with Crippen molar-refractivity contribution in [1.82, 2.24) is 10.2 Å². The molecule has 0 spiro atoms. The molecule has 0 bridgehead atoms. The molecule has 0 aromatic heterocycles. The molecule has 1 atom stereocenters. The molecule has 0 aliphatic rings. The van der Waals surface area contributed by atoms with Crippen LogP contribution in [0.3, 0.4) is 0 Å². The number of methoxy groups -OCH3 is 1. The third-order valence-electron chi connectivity index (χ3n) is 6.30. The van der Waals surface area contributed by atoms with Crippen molar-refractivity contribution >= 4 is 50.7 Å². The summed E-state index contributed by atoms with van der Waals surface area (Å²) in [5.41, 5.74) is 0.918. The van der Waals surface area contributed by atoms with Gasteiger partial charge in [0, 0.05) is 27.7 Å². The average molecular weight is 621 g/mol. The number of carbonyl (C=O) groups is 2. The summed E-state index contributed by atoms with van der Waals surface area (Å²) in [5.74, 6) is -0.798. The number of ether oxygens (including phenoxy) is 1. The zero-order chi connectivity index (χ0) is 30.5. The van der Waals surface area contributed by atoms with Crippen LogP contribution < -0.4 is 14.4 Å². The van der Waals surface area contributed by atoms with Crippen molar-refractivity contribution in [2.45, 2.75) is 57.6 Å². The predicted octanol–water partition coefficient (Wildman–Crippen LogP) is 5.84. The number of nitrogens with zero attached hydrogens (tertiary/aromatic N) is 2. The molecule has 0 radical (unpaired) electrons. The fourth-order valence-electron chi connectivity index (χ4n) is 4.10. The van der Waals surface area contributed by atoms with Crippen molar-refractivity contribution in [3.63, 3.8) is 0 Å². The molecule has 0 fully saturated rings. The maximum atomic E-state index is 14.1. The van der Waals surface area contributed by atoms with Gasteiger partial charge in [0.2, 0.25) is 11.8 Å². The van der Waals surface area contributed by atoms with Crippen LogP contribution in [0.15, 0.2) is 71.6 Å².